The predicted octanol–water partition coefficient (Wildman–Crippen LogP) is 2.37. The zero-order chi connectivity index (χ0) is 18.8. The molecule has 1 fully saturated rings. The Labute approximate surface area is 160 Å². The molecule has 0 unspecified atom stereocenters. The maximum absolute atomic E-state index is 11.0. The summed E-state index contributed by atoms with van der Waals surface area (Å²) in [6, 6.07) is 3.84. The topological polar surface area (TPSA) is 96.3 Å². The number of aromatic nitrogens is 4. The molecule has 3 heterocycles. The number of imidazole rings is 1. The number of aromatic amines is 1. The fourth-order valence-corrected chi connectivity index (χ4v) is 3.48. The van der Waals surface area contributed by atoms with Gasteiger partial charge in [0.2, 0.25) is 5.95 Å². The number of hydrogen-bond acceptors (Lipinski definition) is 5. The Kier molecular flexibility index (Phi) is 5.11. The van der Waals surface area contributed by atoms with Crippen molar-refractivity contribution in [1.82, 2.24) is 24.6 Å². The van der Waals surface area contributed by atoms with Gasteiger partial charge in [-0.3, -0.25) is 4.90 Å². The van der Waals surface area contributed by atoms with Crippen LogP contribution in [0.5, 0.6) is 0 Å². The fraction of sp³-hybridized carbons (Fsp3) is 0.389. The Morgan fingerprint density at radius 3 is 2.89 bits per heavy atom. The van der Waals surface area contributed by atoms with Crippen molar-refractivity contribution in [2.75, 3.05) is 32.8 Å². The zero-order valence-electron chi connectivity index (χ0n) is 14.7. The van der Waals surface area contributed by atoms with Gasteiger partial charge < -0.3 is 14.8 Å². The number of carboxylic acids is 1. The van der Waals surface area contributed by atoms with Crippen LogP contribution in [-0.2, 0) is 11.2 Å². The number of benzene rings is 1. The van der Waals surface area contributed by atoms with E-state index in [2.05, 4.69) is 20.0 Å². The maximum atomic E-state index is 11.0. The average Bonchev–Trinajstić information content (AvgIpc) is 3.29. The van der Waals surface area contributed by atoms with E-state index in [0.717, 1.165) is 62.3 Å². The maximum Gasteiger partial charge on any atom is 0.338 e. The monoisotopic (exact) mass is 389 g/mol. The van der Waals surface area contributed by atoms with Crippen molar-refractivity contribution < 1.29 is 14.6 Å². The minimum absolute atomic E-state index is 0.109. The van der Waals surface area contributed by atoms with Crippen LogP contribution in [0.3, 0.4) is 0 Å². The van der Waals surface area contributed by atoms with Gasteiger partial charge in [-0.25, -0.2) is 14.5 Å². The summed E-state index contributed by atoms with van der Waals surface area (Å²) < 4.78 is 6.78. The number of fused-ring (bicyclic) bond motifs is 1. The number of aromatic carboxylic acids is 1. The van der Waals surface area contributed by atoms with E-state index in [1.807, 2.05) is 12.1 Å². The first kappa shape index (κ1) is 18.0. The molecule has 1 aromatic carbocycles. The van der Waals surface area contributed by atoms with Gasteiger partial charge in [0.15, 0.2) is 0 Å². The van der Waals surface area contributed by atoms with Crippen molar-refractivity contribution in [1.29, 1.82) is 0 Å². The molecule has 0 aliphatic carbocycles. The number of carbonyl (C=O) groups is 1. The predicted molar refractivity (Wildman–Crippen MR) is 101 cm³/mol. The summed E-state index contributed by atoms with van der Waals surface area (Å²) >= 11 is 6.44. The number of aryl methyl sites for hydroxylation is 1. The zero-order valence-corrected chi connectivity index (χ0v) is 15.4. The molecule has 0 atom stereocenters. The minimum Gasteiger partial charge on any atom is -0.478 e. The van der Waals surface area contributed by atoms with Crippen LogP contribution in [0.4, 0.5) is 0 Å². The Morgan fingerprint density at radius 1 is 1.33 bits per heavy atom. The van der Waals surface area contributed by atoms with Crippen molar-refractivity contribution in [2.45, 2.75) is 12.8 Å². The van der Waals surface area contributed by atoms with E-state index in [0.29, 0.717) is 11.0 Å². The summed E-state index contributed by atoms with van der Waals surface area (Å²) in [7, 11) is 0. The molecule has 142 valence electrons. The van der Waals surface area contributed by atoms with Gasteiger partial charge in [-0.15, -0.1) is 0 Å². The average molecular weight is 390 g/mol. The van der Waals surface area contributed by atoms with E-state index in [4.69, 9.17) is 21.4 Å². The highest BCUT2D eigenvalue weighted by Crippen LogP contribution is 2.25. The molecule has 9 heteroatoms. The molecule has 2 N–H and O–H groups in total. The molecule has 3 aromatic rings. The van der Waals surface area contributed by atoms with Gasteiger partial charge in [0.25, 0.3) is 0 Å². The van der Waals surface area contributed by atoms with Crippen molar-refractivity contribution in [3.8, 4) is 5.95 Å². The molecule has 0 bridgehead atoms. The first-order chi connectivity index (χ1) is 13.1. The number of morpholine rings is 1. The van der Waals surface area contributed by atoms with Crippen LogP contribution >= 0.6 is 11.6 Å². The molecular formula is C18H20ClN5O3. The van der Waals surface area contributed by atoms with E-state index < -0.39 is 5.97 Å². The Balaban J connectivity index is 1.49. The van der Waals surface area contributed by atoms with E-state index in [-0.39, 0.29) is 5.56 Å². The third-order valence-corrected chi connectivity index (χ3v) is 5.06. The molecule has 0 saturated carbocycles. The number of nitrogens with zero attached hydrogens (tertiary/aromatic N) is 4. The van der Waals surface area contributed by atoms with Gasteiger partial charge >= 0.3 is 5.97 Å². The molecule has 0 amide bonds. The Morgan fingerprint density at radius 2 is 2.15 bits per heavy atom. The van der Waals surface area contributed by atoms with Crippen molar-refractivity contribution in [3.63, 3.8) is 0 Å². The number of hydrogen-bond donors (Lipinski definition) is 2. The molecule has 0 radical (unpaired) electrons. The standard InChI is InChI=1S/C18H20ClN5O3/c19-14-9-16-15(8-12(14)2-1-3-23-4-6-27-7-5-23)21-18(22-16)24-11-13(10-20-24)17(25)26/h8-11H,1-7H2,(H,21,22)(H,25,26). The lowest BCUT2D eigenvalue weighted by Gasteiger charge is -2.26. The number of nitrogens with one attached hydrogen (secondary N) is 1. The van der Waals surface area contributed by atoms with Crippen LogP contribution in [0.15, 0.2) is 24.5 Å². The summed E-state index contributed by atoms with van der Waals surface area (Å²) in [5.41, 5.74) is 2.75. The molecule has 4 rings (SSSR count). The van der Waals surface area contributed by atoms with Crippen molar-refractivity contribution in [3.05, 3.63) is 40.7 Å². The number of rotatable bonds is 6. The SMILES string of the molecule is O=C(O)c1cnn(-c2nc3cc(Cl)c(CCCN4CCOCC4)cc3[nH]2)c1. The molecule has 2 aromatic heterocycles. The molecule has 8 nitrogen and oxygen atoms in total. The van der Waals surface area contributed by atoms with E-state index in [1.165, 1.54) is 17.1 Å². The number of halogens is 1. The van der Waals surface area contributed by atoms with Crippen LogP contribution in [0.25, 0.3) is 17.0 Å². The summed E-state index contributed by atoms with van der Waals surface area (Å²) in [5, 5.41) is 13.8. The van der Waals surface area contributed by atoms with Crippen LogP contribution < -0.4 is 0 Å². The lowest BCUT2D eigenvalue weighted by molar-refractivity contribution is 0.0374. The molecule has 1 aliphatic rings. The van der Waals surface area contributed by atoms with E-state index in [9.17, 15) is 4.79 Å². The summed E-state index contributed by atoms with van der Waals surface area (Å²) in [4.78, 5) is 21.1. The van der Waals surface area contributed by atoms with Crippen LogP contribution in [0.2, 0.25) is 5.02 Å². The van der Waals surface area contributed by atoms with Gasteiger partial charge in [-0.05, 0) is 37.1 Å². The van der Waals surface area contributed by atoms with Crippen LogP contribution in [-0.4, -0.2) is 68.6 Å². The molecule has 1 saturated heterocycles. The third-order valence-electron chi connectivity index (χ3n) is 4.71. The minimum atomic E-state index is -1.03. The fourth-order valence-electron chi connectivity index (χ4n) is 3.23. The van der Waals surface area contributed by atoms with Crippen molar-refractivity contribution >= 4 is 28.6 Å². The first-order valence-corrected chi connectivity index (χ1v) is 9.24. The molecule has 27 heavy (non-hydrogen) atoms. The van der Waals surface area contributed by atoms with Crippen LogP contribution in [0, 0.1) is 0 Å². The van der Waals surface area contributed by atoms with E-state index >= 15 is 0 Å². The highest BCUT2D eigenvalue weighted by Gasteiger charge is 2.13. The smallest absolute Gasteiger partial charge is 0.338 e. The largest absolute Gasteiger partial charge is 0.478 e. The van der Waals surface area contributed by atoms with Gasteiger partial charge in [-0.2, -0.15) is 5.10 Å². The summed E-state index contributed by atoms with van der Waals surface area (Å²) in [5.74, 6) is -0.568. The molecule has 1 aliphatic heterocycles. The van der Waals surface area contributed by atoms with E-state index in [1.54, 1.807) is 0 Å². The second-order valence-electron chi connectivity index (χ2n) is 6.56. The Bertz CT molecular complexity index is 961. The van der Waals surface area contributed by atoms with Gasteiger partial charge in [0.05, 0.1) is 36.0 Å². The lowest BCUT2D eigenvalue weighted by Crippen LogP contribution is -2.36. The Hall–Kier alpha value is -2.42. The highest BCUT2D eigenvalue weighted by molar-refractivity contribution is 6.32. The highest BCUT2D eigenvalue weighted by atomic mass is 35.5. The second kappa shape index (κ2) is 7.67. The van der Waals surface area contributed by atoms with Crippen molar-refractivity contribution in [2.24, 2.45) is 0 Å². The lowest BCUT2D eigenvalue weighted by atomic mass is 10.1. The summed E-state index contributed by atoms with van der Waals surface area (Å²) in [6.07, 6.45) is 4.61. The second-order valence-corrected chi connectivity index (χ2v) is 6.96. The summed E-state index contributed by atoms with van der Waals surface area (Å²) in [6.45, 7) is 4.61. The van der Waals surface area contributed by atoms with Gasteiger partial charge in [-0.1, -0.05) is 11.6 Å². The van der Waals surface area contributed by atoms with Crippen LogP contribution in [0.1, 0.15) is 22.3 Å². The number of carboxylic acid groups (broad SMARTS) is 1. The number of ether oxygens (including phenoxy) is 1. The third kappa shape index (κ3) is 3.97. The molecule has 0 spiro atoms. The van der Waals surface area contributed by atoms with Gasteiger partial charge in [0.1, 0.15) is 0 Å². The normalized spacial score (nSPS) is 15.4. The molecular weight excluding hydrogens is 370 g/mol. The number of H-pyrrole nitrogens is 1. The first-order valence-electron chi connectivity index (χ1n) is 8.87. The quantitative estimate of drug-likeness (QED) is 0.671. The van der Waals surface area contributed by atoms with Gasteiger partial charge in [0, 0.05) is 24.3 Å².